The van der Waals surface area contributed by atoms with Gasteiger partial charge in [0, 0.05) is 28.2 Å². The van der Waals surface area contributed by atoms with E-state index in [4.69, 9.17) is 5.73 Å². The number of aromatic nitrogens is 1. The van der Waals surface area contributed by atoms with Gasteiger partial charge in [-0.05, 0) is 56.1 Å². The van der Waals surface area contributed by atoms with Gasteiger partial charge in [0.25, 0.3) is 0 Å². The molecular formula is C17H23N3O. The Kier molecular flexibility index (Phi) is 3.72. The molecule has 0 bridgehead atoms. The van der Waals surface area contributed by atoms with Crippen LogP contribution in [0.3, 0.4) is 0 Å². The number of rotatable bonds is 4. The van der Waals surface area contributed by atoms with E-state index in [1.165, 1.54) is 17.7 Å². The fraction of sp³-hybridized carbons (Fsp3) is 0.471. The average molecular weight is 285 g/mol. The largest absolute Gasteiger partial charge is 0.366 e. The standard InChI is InChI=1S/C17H23N3O/c1-3-20(4-2)12-6-8-16-14(10-12)13-9-11(17(18)21)5-7-15(13)19-16/h5,7,9,12,19H,3-4,6,8,10H2,1-2H3,(H2,18,21). The maximum absolute atomic E-state index is 11.4. The van der Waals surface area contributed by atoms with Crippen molar-refractivity contribution in [1.29, 1.82) is 0 Å². The van der Waals surface area contributed by atoms with Gasteiger partial charge in [0.05, 0.1) is 0 Å². The Balaban J connectivity index is 2.01. The molecule has 1 atom stereocenters. The number of carbonyl (C=O) groups is 1. The Bertz CT molecular complexity index is 670. The third-order valence-electron chi connectivity index (χ3n) is 4.78. The first-order valence-corrected chi connectivity index (χ1v) is 7.81. The van der Waals surface area contributed by atoms with Gasteiger partial charge in [-0.2, -0.15) is 0 Å². The van der Waals surface area contributed by atoms with Crippen LogP contribution in [0.5, 0.6) is 0 Å². The lowest BCUT2D eigenvalue weighted by atomic mass is 9.90. The van der Waals surface area contributed by atoms with Gasteiger partial charge in [-0.3, -0.25) is 4.79 Å². The van der Waals surface area contributed by atoms with Crippen LogP contribution in [-0.4, -0.2) is 34.9 Å². The van der Waals surface area contributed by atoms with Crippen molar-refractivity contribution in [2.24, 2.45) is 5.73 Å². The van der Waals surface area contributed by atoms with Gasteiger partial charge in [0.2, 0.25) is 5.91 Å². The summed E-state index contributed by atoms with van der Waals surface area (Å²) < 4.78 is 0. The minimum Gasteiger partial charge on any atom is -0.366 e. The summed E-state index contributed by atoms with van der Waals surface area (Å²) in [5.41, 5.74) is 9.82. The van der Waals surface area contributed by atoms with Crippen LogP contribution in [0.2, 0.25) is 0 Å². The van der Waals surface area contributed by atoms with Gasteiger partial charge >= 0.3 is 0 Å². The molecule has 0 saturated heterocycles. The highest BCUT2D eigenvalue weighted by atomic mass is 16.1. The van der Waals surface area contributed by atoms with Crippen LogP contribution in [0.25, 0.3) is 10.9 Å². The molecule has 4 heteroatoms. The van der Waals surface area contributed by atoms with Gasteiger partial charge in [-0.15, -0.1) is 0 Å². The third-order valence-corrected chi connectivity index (χ3v) is 4.78. The Hall–Kier alpha value is -1.81. The topological polar surface area (TPSA) is 62.1 Å². The van der Waals surface area contributed by atoms with Crippen LogP contribution in [0, 0.1) is 0 Å². The van der Waals surface area contributed by atoms with Crippen molar-refractivity contribution in [1.82, 2.24) is 9.88 Å². The molecule has 0 fully saturated rings. The number of primary amides is 1. The fourth-order valence-corrected chi connectivity index (χ4v) is 3.60. The molecule has 1 heterocycles. The summed E-state index contributed by atoms with van der Waals surface area (Å²) in [6.45, 7) is 6.62. The summed E-state index contributed by atoms with van der Waals surface area (Å²) in [5, 5.41) is 1.16. The smallest absolute Gasteiger partial charge is 0.248 e. The Morgan fingerprint density at radius 3 is 2.81 bits per heavy atom. The predicted octanol–water partition coefficient (Wildman–Crippen LogP) is 2.47. The first kappa shape index (κ1) is 14.1. The zero-order valence-electron chi connectivity index (χ0n) is 12.8. The predicted molar refractivity (Wildman–Crippen MR) is 85.6 cm³/mol. The highest BCUT2D eigenvalue weighted by molar-refractivity contribution is 5.98. The highest BCUT2D eigenvalue weighted by Gasteiger charge is 2.25. The molecule has 112 valence electrons. The van der Waals surface area contributed by atoms with Crippen LogP contribution in [0.15, 0.2) is 18.2 Å². The minimum atomic E-state index is -0.358. The second-order valence-electron chi connectivity index (χ2n) is 5.82. The van der Waals surface area contributed by atoms with Crippen LogP contribution >= 0.6 is 0 Å². The Morgan fingerprint density at radius 1 is 1.38 bits per heavy atom. The lowest BCUT2D eigenvalue weighted by Crippen LogP contribution is -2.38. The molecule has 1 aliphatic carbocycles. The second-order valence-corrected chi connectivity index (χ2v) is 5.82. The van der Waals surface area contributed by atoms with Crippen molar-refractivity contribution >= 4 is 16.8 Å². The fourth-order valence-electron chi connectivity index (χ4n) is 3.60. The zero-order chi connectivity index (χ0) is 15.0. The first-order chi connectivity index (χ1) is 10.1. The maximum Gasteiger partial charge on any atom is 0.248 e. The number of aryl methyl sites for hydroxylation is 1. The molecule has 2 aromatic rings. The van der Waals surface area contributed by atoms with Crippen LogP contribution in [0.4, 0.5) is 0 Å². The molecular weight excluding hydrogens is 262 g/mol. The van der Waals surface area contributed by atoms with E-state index in [1.54, 1.807) is 6.07 Å². The molecule has 1 aliphatic rings. The molecule has 0 radical (unpaired) electrons. The number of fused-ring (bicyclic) bond motifs is 3. The number of nitrogens with zero attached hydrogens (tertiary/aromatic N) is 1. The van der Waals surface area contributed by atoms with E-state index in [1.807, 2.05) is 12.1 Å². The van der Waals surface area contributed by atoms with Crippen molar-refractivity contribution in [3.63, 3.8) is 0 Å². The molecule has 0 aliphatic heterocycles. The van der Waals surface area contributed by atoms with E-state index in [2.05, 4.69) is 23.7 Å². The van der Waals surface area contributed by atoms with Gasteiger partial charge in [-0.1, -0.05) is 13.8 Å². The van der Waals surface area contributed by atoms with Gasteiger partial charge < -0.3 is 15.6 Å². The SMILES string of the molecule is CCN(CC)C1CCc2[nH]c3ccc(C(N)=O)cc3c2C1. The molecule has 4 nitrogen and oxygen atoms in total. The number of hydrogen-bond acceptors (Lipinski definition) is 2. The molecule has 21 heavy (non-hydrogen) atoms. The van der Waals surface area contributed by atoms with E-state index in [-0.39, 0.29) is 5.91 Å². The quantitative estimate of drug-likeness (QED) is 0.906. The molecule has 1 amide bonds. The highest BCUT2D eigenvalue weighted by Crippen LogP contribution is 2.31. The van der Waals surface area contributed by atoms with Crippen LogP contribution < -0.4 is 5.73 Å². The maximum atomic E-state index is 11.4. The number of aromatic amines is 1. The third kappa shape index (κ3) is 2.44. The Labute approximate surface area is 125 Å². The number of carbonyl (C=O) groups excluding carboxylic acids is 1. The summed E-state index contributed by atoms with van der Waals surface area (Å²) >= 11 is 0. The Morgan fingerprint density at radius 2 is 2.14 bits per heavy atom. The number of likely N-dealkylation sites (N-methyl/N-ethyl adjacent to an activating group) is 1. The summed E-state index contributed by atoms with van der Waals surface area (Å²) in [7, 11) is 0. The summed E-state index contributed by atoms with van der Waals surface area (Å²) in [4.78, 5) is 17.4. The van der Waals surface area contributed by atoms with Gasteiger partial charge in [0.15, 0.2) is 0 Å². The van der Waals surface area contributed by atoms with Crippen LogP contribution in [0.1, 0.15) is 41.9 Å². The van der Waals surface area contributed by atoms with E-state index in [0.717, 1.165) is 36.8 Å². The number of H-pyrrole nitrogens is 1. The molecule has 3 N–H and O–H groups in total. The van der Waals surface area contributed by atoms with Crippen molar-refractivity contribution in [2.75, 3.05) is 13.1 Å². The molecule has 1 unspecified atom stereocenters. The molecule has 1 aromatic heterocycles. The molecule has 3 rings (SSSR count). The summed E-state index contributed by atoms with van der Waals surface area (Å²) in [6.07, 6.45) is 3.33. The lowest BCUT2D eigenvalue weighted by Gasteiger charge is -2.32. The van der Waals surface area contributed by atoms with E-state index in [0.29, 0.717) is 11.6 Å². The first-order valence-electron chi connectivity index (χ1n) is 7.81. The normalized spacial score (nSPS) is 18.1. The van der Waals surface area contributed by atoms with Crippen molar-refractivity contribution in [2.45, 2.75) is 39.2 Å². The number of nitrogens with two attached hydrogens (primary N) is 1. The second kappa shape index (κ2) is 5.53. The summed E-state index contributed by atoms with van der Waals surface area (Å²) in [6, 6.07) is 6.32. The van der Waals surface area contributed by atoms with E-state index >= 15 is 0 Å². The number of benzene rings is 1. The van der Waals surface area contributed by atoms with Crippen LogP contribution in [-0.2, 0) is 12.8 Å². The van der Waals surface area contributed by atoms with Crippen molar-refractivity contribution < 1.29 is 4.79 Å². The van der Waals surface area contributed by atoms with Gasteiger partial charge in [0.1, 0.15) is 0 Å². The lowest BCUT2D eigenvalue weighted by molar-refractivity contribution is 0.100. The van der Waals surface area contributed by atoms with E-state index < -0.39 is 0 Å². The average Bonchev–Trinajstić information content (AvgIpc) is 2.85. The van der Waals surface area contributed by atoms with E-state index in [9.17, 15) is 4.79 Å². The minimum absolute atomic E-state index is 0.358. The van der Waals surface area contributed by atoms with Crippen molar-refractivity contribution in [3.8, 4) is 0 Å². The zero-order valence-corrected chi connectivity index (χ0v) is 12.8. The van der Waals surface area contributed by atoms with Gasteiger partial charge in [-0.25, -0.2) is 0 Å². The van der Waals surface area contributed by atoms with Crippen molar-refractivity contribution in [3.05, 3.63) is 35.0 Å². The number of hydrogen-bond donors (Lipinski definition) is 2. The molecule has 0 saturated carbocycles. The number of nitrogens with one attached hydrogen (secondary N) is 1. The monoisotopic (exact) mass is 285 g/mol. The molecule has 1 aromatic carbocycles. The summed E-state index contributed by atoms with van der Waals surface area (Å²) in [5.74, 6) is -0.358. The number of amides is 1. The molecule has 0 spiro atoms.